The summed E-state index contributed by atoms with van der Waals surface area (Å²) in [6.45, 7) is 10.2. The fourth-order valence-corrected chi connectivity index (χ4v) is 4.28. The van der Waals surface area contributed by atoms with Crippen LogP contribution in [0, 0.1) is 12.7 Å². The minimum Gasteiger partial charge on any atom is -0.461 e. The van der Waals surface area contributed by atoms with Crippen LogP contribution in [0.2, 0.25) is 0 Å². The lowest BCUT2D eigenvalue weighted by atomic mass is 10.2. The third-order valence-corrected chi connectivity index (χ3v) is 7.20. The molecule has 0 aliphatic carbocycles. The number of nitrogens with zero attached hydrogens (tertiary/aromatic N) is 8. The van der Waals surface area contributed by atoms with E-state index in [2.05, 4.69) is 43.8 Å². The number of ether oxygens (including phenoxy) is 2. The second kappa shape index (κ2) is 18.2. The van der Waals surface area contributed by atoms with Crippen molar-refractivity contribution in [1.82, 2.24) is 0 Å². The molecule has 0 spiro atoms. The highest BCUT2D eigenvalue weighted by atomic mass is 19.1. The molecule has 0 saturated heterocycles. The van der Waals surface area contributed by atoms with E-state index in [4.69, 9.17) is 9.47 Å². The number of carbonyl (C=O) groups is 2. The maximum atomic E-state index is 14.8. The Morgan fingerprint density at radius 2 is 1.02 bits per heavy atom. The summed E-state index contributed by atoms with van der Waals surface area (Å²) >= 11 is 0. The number of benzene rings is 4. The first-order valence-corrected chi connectivity index (χ1v) is 15.5. The summed E-state index contributed by atoms with van der Waals surface area (Å²) in [5, 5.41) is 25.3. The second-order valence-corrected chi connectivity index (χ2v) is 10.8. The number of likely N-dealkylation sites (N-methyl/N-ethyl adjacent to an activating group) is 2. The zero-order valence-corrected chi connectivity index (χ0v) is 28.1. The number of esters is 2. The minimum absolute atomic E-state index is 0.0587. The van der Waals surface area contributed by atoms with Gasteiger partial charge in [0.1, 0.15) is 18.9 Å². The number of rotatable bonds is 16. The molecule has 0 aromatic heterocycles. The summed E-state index contributed by atoms with van der Waals surface area (Å²) in [5.74, 6) is -1.50. The molecular weight excluding hydrogens is 639 g/mol. The zero-order chi connectivity index (χ0) is 35.9. The van der Waals surface area contributed by atoms with Gasteiger partial charge in [0.2, 0.25) is 0 Å². The highest BCUT2D eigenvalue weighted by Gasteiger charge is 2.07. The Bertz CT molecular complexity index is 1890. The molecule has 50 heavy (non-hydrogen) atoms. The van der Waals surface area contributed by atoms with Crippen molar-refractivity contribution in [3.63, 3.8) is 0 Å². The molecule has 4 aromatic rings. The number of anilines is 2. The number of halogens is 1. The molecule has 0 fully saturated rings. The standard InChI is InChI=1S/C37H37FN8O4/c1-6-36(47)49-22-20-45(4)31-14-8-27(9-15-31)39-41-30-13-19-35(33(38)25-30)44-42-29-12-18-34(26(3)24-29)43-40-28-10-16-32(17-11-28)46(5)21-23-50-37(48)7-2/h6-19,24-25H,1-2,20-23H2,3-5H3. The lowest BCUT2D eigenvalue weighted by Crippen LogP contribution is -2.23. The molecule has 4 aromatic carbocycles. The first-order chi connectivity index (χ1) is 24.1. The number of azo groups is 3. The van der Waals surface area contributed by atoms with Gasteiger partial charge in [-0.05, 0) is 91.3 Å². The summed E-state index contributed by atoms with van der Waals surface area (Å²) in [6, 6.07) is 24.4. The monoisotopic (exact) mass is 676 g/mol. The first kappa shape index (κ1) is 36.5. The van der Waals surface area contributed by atoms with Crippen molar-refractivity contribution >= 4 is 57.4 Å². The van der Waals surface area contributed by atoms with Gasteiger partial charge in [0.25, 0.3) is 0 Å². The Morgan fingerprint density at radius 1 is 0.620 bits per heavy atom. The molecule has 0 N–H and O–H groups in total. The molecule has 0 heterocycles. The van der Waals surface area contributed by atoms with E-state index >= 15 is 0 Å². The SMILES string of the molecule is C=CC(=O)OCCN(C)c1ccc(N=Nc2ccc(N=Nc3ccc(N=Nc4ccc(N(C)CCOC(=O)C=C)cc4)c(C)c3)c(F)c2)cc1. The van der Waals surface area contributed by atoms with Gasteiger partial charge in [0.05, 0.1) is 41.5 Å². The molecule has 4 rings (SSSR count). The van der Waals surface area contributed by atoms with Gasteiger partial charge in [-0.2, -0.15) is 25.6 Å². The predicted molar refractivity (Wildman–Crippen MR) is 192 cm³/mol. The Morgan fingerprint density at radius 3 is 1.50 bits per heavy atom. The van der Waals surface area contributed by atoms with Crippen molar-refractivity contribution in [3.05, 3.63) is 122 Å². The quantitative estimate of drug-likeness (QED) is 0.0659. The van der Waals surface area contributed by atoms with Crippen LogP contribution in [0.25, 0.3) is 0 Å². The molecule has 13 heteroatoms. The van der Waals surface area contributed by atoms with Crippen LogP contribution in [0.3, 0.4) is 0 Å². The minimum atomic E-state index is -0.588. The average molecular weight is 677 g/mol. The Labute approximate surface area is 290 Å². The predicted octanol–water partition coefficient (Wildman–Crippen LogP) is 9.71. The summed E-state index contributed by atoms with van der Waals surface area (Å²) in [4.78, 5) is 26.3. The molecule has 0 aliphatic rings. The van der Waals surface area contributed by atoms with Crippen molar-refractivity contribution in [3.8, 4) is 0 Å². The number of hydrogen-bond donors (Lipinski definition) is 0. The molecular formula is C37H37FN8O4. The lowest BCUT2D eigenvalue weighted by molar-refractivity contribution is -0.138. The summed E-state index contributed by atoms with van der Waals surface area (Å²) in [6.07, 6.45) is 2.26. The molecule has 0 aliphatic heterocycles. The molecule has 0 atom stereocenters. The van der Waals surface area contributed by atoms with Crippen molar-refractivity contribution in [2.75, 3.05) is 50.2 Å². The van der Waals surface area contributed by atoms with E-state index in [0.29, 0.717) is 41.5 Å². The largest absolute Gasteiger partial charge is 0.461 e. The second-order valence-electron chi connectivity index (χ2n) is 10.8. The van der Waals surface area contributed by atoms with E-state index in [-0.39, 0.29) is 18.9 Å². The number of hydrogen-bond acceptors (Lipinski definition) is 12. The third-order valence-electron chi connectivity index (χ3n) is 7.20. The average Bonchev–Trinajstić information content (AvgIpc) is 3.13. The van der Waals surface area contributed by atoms with Crippen LogP contribution >= 0.6 is 0 Å². The van der Waals surface area contributed by atoms with Gasteiger partial charge in [-0.15, -0.1) is 5.11 Å². The van der Waals surface area contributed by atoms with Crippen molar-refractivity contribution in [1.29, 1.82) is 0 Å². The highest BCUT2D eigenvalue weighted by molar-refractivity contribution is 5.81. The van der Waals surface area contributed by atoms with Gasteiger partial charge < -0.3 is 19.3 Å². The molecule has 0 unspecified atom stereocenters. The normalized spacial score (nSPS) is 11.2. The fraction of sp³-hybridized carbons (Fsp3) is 0.189. The van der Waals surface area contributed by atoms with Gasteiger partial charge in [-0.1, -0.05) is 13.2 Å². The molecule has 0 saturated carbocycles. The zero-order valence-electron chi connectivity index (χ0n) is 28.1. The van der Waals surface area contributed by atoms with E-state index in [1.165, 1.54) is 12.1 Å². The van der Waals surface area contributed by atoms with Crippen molar-refractivity contribution in [2.24, 2.45) is 30.7 Å². The van der Waals surface area contributed by atoms with Crippen LogP contribution in [0.15, 0.2) is 141 Å². The van der Waals surface area contributed by atoms with E-state index in [9.17, 15) is 14.0 Å². The summed E-state index contributed by atoms with van der Waals surface area (Å²) < 4.78 is 24.8. The van der Waals surface area contributed by atoms with Gasteiger partial charge in [-0.3, -0.25) is 0 Å². The van der Waals surface area contributed by atoms with Gasteiger partial charge in [0.15, 0.2) is 5.82 Å². The van der Waals surface area contributed by atoms with Crippen molar-refractivity contribution in [2.45, 2.75) is 6.92 Å². The highest BCUT2D eigenvalue weighted by Crippen LogP contribution is 2.30. The van der Waals surface area contributed by atoms with Crippen molar-refractivity contribution < 1.29 is 23.5 Å². The van der Waals surface area contributed by atoms with Crippen LogP contribution in [0.1, 0.15) is 5.56 Å². The Kier molecular flexibility index (Phi) is 13.3. The Balaban J connectivity index is 1.30. The van der Waals surface area contributed by atoms with Gasteiger partial charge in [0, 0.05) is 43.7 Å². The van der Waals surface area contributed by atoms with E-state index in [1.807, 2.05) is 67.2 Å². The topological polar surface area (TPSA) is 133 Å². The van der Waals surface area contributed by atoms with Crippen LogP contribution in [-0.2, 0) is 19.1 Å². The van der Waals surface area contributed by atoms with Gasteiger partial charge >= 0.3 is 11.9 Å². The molecule has 256 valence electrons. The Hall–Kier alpha value is -6.37. The fourth-order valence-electron chi connectivity index (χ4n) is 4.28. The lowest BCUT2D eigenvalue weighted by Gasteiger charge is -2.18. The smallest absolute Gasteiger partial charge is 0.330 e. The summed E-state index contributed by atoms with van der Waals surface area (Å²) in [5.41, 5.74) is 5.49. The van der Waals surface area contributed by atoms with E-state index < -0.39 is 17.8 Å². The first-order valence-electron chi connectivity index (χ1n) is 15.5. The maximum absolute atomic E-state index is 14.8. The number of aryl methyl sites for hydroxylation is 1. The molecule has 12 nitrogen and oxygen atoms in total. The van der Waals surface area contributed by atoms with Crippen LogP contribution < -0.4 is 9.80 Å². The molecule has 0 bridgehead atoms. The summed E-state index contributed by atoms with van der Waals surface area (Å²) in [7, 11) is 3.78. The van der Waals surface area contributed by atoms with Gasteiger partial charge in [-0.25, -0.2) is 14.0 Å². The van der Waals surface area contributed by atoms with E-state index in [0.717, 1.165) is 29.1 Å². The molecule has 0 radical (unpaired) electrons. The number of carbonyl (C=O) groups excluding carboxylic acids is 2. The third kappa shape index (κ3) is 11.1. The van der Waals surface area contributed by atoms with Crippen LogP contribution in [-0.4, -0.2) is 52.3 Å². The maximum Gasteiger partial charge on any atom is 0.330 e. The van der Waals surface area contributed by atoms with Crippen LogP contribution in [0.5, 0.6) is 0 Å². The van der Waals surface area contributed by atoms with E-state index in [1.54, 1.807) is 36.4 Å². The molecule has 0 amide bonds. The van der Waals surface area contributed by atoms with Crippen LogP contribution in [0.4, 0.5) is 49.9 Å².